The monoisotopic (exact) mass is 934 g/mol. The molecule has 6 unspecified atom stereocenters. The van der Waals surface area contributed by atoms with Gasteiger partial charge in [-0.3, -0.25) is 18.1 Å². The maximum atomic E-state index is 14.3. The smallest absolute Gasteiger partial charge is 0.430 e. The number of carbonyl (C=O) groups excluding carboxylic acids is 3. The van der Waals surface area contributed by atoms with E-state index in [1.54, 1.807) is 60.7 Å². The zero-order chi connectivity index (χ0) is 44.3. The predicted molar refractivity (Wildman–Crippen MR) is 214 cm³/mol. The second-order valence-electron chi connectivity index (χ2n) is 13.0. The fourth-order valence-electron chi connectivity index (χ4n) is 5.36. The minimum atomic E-state index is -4.64. The van der Waals surface area contributed by atoms with E-state index in [4.69, 9.17) is 69.1 Å². The molecular weight excluding hydrogens is 897 g/mol. The normalized spacial score (nSPS) is 21.0. The number of benzene rings is 4. The highest BCUT2D eigenvalue weighted by Gasteiger charge is 2.38. The fraction of sp³-hybridized carbons (Fsp3) is 0.256. The van der Waals surface area contributed by atoms with E-state index in [1.807, 2.05) is 0 Å². The molecule has 0 N–H and O–H groups in total. The molecule has 3 aliphatic rings. The van der Waals surface area contributed by atoms with Gasteiger partial charge in [-0.1, -0.05) is 60.7 Å². The Morgan fingerprint density at radius 1 is 0.476 bits per heavy atom. The molecule has 3 saturated heterocycles. The average Bonchev–Trinajstić information content (AvgIpc) is 4.02. The Kier molecular flexibility index (Phi) is 14.6. The molecule has 0 aliphatic carbocycles. The standard InChI is InChI=1S/C39H37O21P3/c1-46-61(43,50-24-34-21-47-37(40)53-34)56-31-16-14-27(15-17-31)12-13-28-18-32(59-62(44,57-29-8-4-2-5-9-29)51-25-35-22-48-38(41)54-35)20-33(19-28)60-63(45,58-30-10-6-3-7-11-30)52-26-36-23-49-39(42)55-36/h2-20,34-36H,21-26H2,1H3/b13-12+. The third kappa shape index (κ3) is 13.5. The van der Waals surface area contributed by atoms with E-state index in [-0.39, 0.29) is 55.2 Å². The summed E-state index contributed by atoms with van der Waals surface area (Å²) in [6, 6.07) is 26.2. The lowest BCUT2D eigenvalue weighted by Crippen LogP contribution is -2.19. The lowest BCUT2D eigenvalue weighted by molar-refractivity contribution is 0.0831. The number of carbonyl (C=O) groups is 3. The lowest BCUT2D eigenvalue weighted by Gasteiger charge is -2.22. The summed E-state index contributed by atoms with van der Waals surface area (Å²) < 4.78 is 121. The van der Waals surface area contributed by atoms with Crippen LogP contribution in [0.15, 0.2) is 103 Å². The largest absolute Gasteiger partial charge is 0.587 e. The number of phosphoric ester groups is 3. The Morgan fingerprint density at radius 3 is 1.24 bits per heavy atom. The molecule has 0 radical (unpaired) electrons. The van der Waals surface area contributed by atoms with Gasteiger partial charge in [-0.25, -0.2) is 28.1 Å². The number of rotatable bonds is 22. The van der Waals surface area contributed by atoms with Crippen molar-refractivity contribution in [3.63, 3.8) is 0 Å². The van der Waals surface area contributed by atoms with Crippen LogP contribution in [-0.2, 0) is 60.2 Å². The van der Waals surface area contributed by atoms with E-state index < -0.39 is 73.5 Å². The number of para-hydroxylation sites is 2. The topological polar surface area (TPSA) is 241 Å². The summed E-state index contributed by atoms with van der Waals surface area (Å²) in [5, 5.41) is 0. The molecule has 7 rings (SSSR count). The third-order valence-electron chi connectivity index (χ3n) is 8.25. The Labute approximate surface area is 358 Å². The number of ether oxygens (including phenoxy) is 6. The maximum Gasteiger partial charge on any atom is 0.587 e. The average molecular weight is 935 g/mol. The molecule has 0 saturated carbocycles. The van der Waals surface area contributed by atoms with Gasteiger partial charge in [0.05, 0.1) is 0 Å². The zero-order valence-corrected chi connectivity index (χ0v) is 35.5. The highest BCUT2D eigenvalue weighted by Crippen LogP contribution is 2.54. The number of hydrogen-bond acceptors (Lipinski definition) is 21. The summed E-state index contributed by atoms with van der Waals surface area (Å²) in [5.41, 5.74) is 0.897. The van der Waals surface area contributed by atoms with E-state index in [9.17, 15) is 28.1 Å². The minimum Gasteiger partial charge on any atom is -0.430 e. The molecule has 24 heteroatoms. The van der Waals surface area contributed by atoms with E-state index >= 15 is 0 Å². The molecule has 334 valence electrons. The van der Waals surface area contributed by atoms with Crippen molar-refractivity contribution in [2.75, 3.05) is 46.8 Å². The highest BCUT2D eigenvalue weighted by molar-refractivity contribution is 7.49. The zero-order valence-electron chi connectivity index (χ0n) is 32.9. The van der Waals surface area contributed by atoms with Gasteiger partial charge < -0.3 is 51.0 Å². The summed E-state index contributed by atoms with van der Waals surface area (Å²) in [7, 11) is -12.3. The van der Waals surface area contributed by atoms with Gasteiger partial charge in [0, 0.05) is 13.2 Å². The van der Waals surface area contributed by atoms with Crippen molar-refractivity contribution < 1.29 is 97.2 Å². The van der Waals surface area contributed by atoms with Crippen LogP contribution in [0.25, 0.3) is 12.2 Å². The Bertz CT molecular complexity index is 2290. The van der Waals surface area contributed by atoms with Crippen molar-refractivity contribution in [2.24, 2.45) is 0 Å². The van der Waals surface area contributed by atoms with E-state index in [0.29, 0.717) is 11.1 Å². The van der Waals surface area contributed by atoms with Crippen LogP contribution in [0.5, 0.6) is 28.7 Å². The van der Waals surface area contributed by atoms with Gasteiger partial charge in [-0.05, 0) is 59.7 Å². The second-order valence-corrected chi connectivity index (χ2v) is 17.8. The van der Waals surface area contributed by atoms with Crippen molar-refractivity contribution in [2.45, 2.75) is 18.3 Å². The van der Waals surface area contributed by atoms with Crippen molar-refractivity contribution in [1.29, 1.82) is 0 Å². The van der Waals surface area contributed by atoms with E-state index in [1.165, 1.54) is 54.6 Å². The molecule has 3 fully saturated rings. The predicted octanol–water partition coefficient (Wildman–Crippen LogP) is 8.78. The van der Waals surface area contributed by atoms with Gasteiger partial charge in [0.2, 0.25) is 0 Å². The summed E-state index contributed by atoms with van der Waals surface area (Å²) in [4.78, 5) is 34.3. The van der Waals surface area contributed by atoms with E-state index in [2.05, 4.69) is 0 Å². The SMILES string of the molecule is COP(=O)(OCC1COC(=O)O1)Oc1ccc(/C=C/c2cc(OP(=O)(OCC3COC(=O)O3)Oc3ccccc3)cc(OP(=O)(OCC3COC(=O)O3)Oc3ccccc3)c2)cc1. The van der Waals surface area contributed by atoms with Crippen molar-refractivity contribution >= 4 is 54.1 Å². The van der Waals surface area contributed by atoms with Gasteiger partial charge in [0.1, 0.15) is 68.4 Å². The van der Waals surface area contributed by atoms with Crippen LogP contribution >= 0.6 is 23.5 Å². The molecule has 0 spiro atoms. The van der Waals surface area contributed by atoms with E-state index in [0.717, 1.165) is 7.11 Å². The molecule has 4 aromatic carbocycles. The quantitative estimate of drug-likeness (QED) is 0.0309. The molecule has 0 bridgehead atoms. The van der Waals surface area contributed by atoms with Crippen molar-refractivity contribution in [3.05, 3.63) is 114 Å². The Hall–Kier alpha value is -6.04. The number of phosphoric acid groups is 3. The van der Waals surface area contributed by atoms with Gasteiger partial charge in [0.25, 0.3) is 0 Å². The fourth-order valence-corrected chi connectivity index (χ4v) is 8.79. The first kappa shape index (κ1) is 45.0. The highest BCUT2D eigenvalue weighted by atomic mass is 31.2. The number of cyclic esters (lactones) is 6. The van der Waals surface area contributed by atoms with Gasteiger partial charge in [-0.2, -0.15) is 0 Å². The third-order valence-corrected chi connectivity index (χ3v) is 12.3. The summed E-state index contributed by atoms with van der Waals surface area (Å²) in [6.45, 7) is -1.63. The molecule has 6 atom stereocenters. The van der Waals surface area contributed by atoms with Crippen LogP contribution in [0.3, 0.4) is 0 Å². The lowest BCUT2D eigenvalue weighted by atomic mass is 10.1. The molecule has 0 amide bonds. The first-order chi connectivity index (χ1) is 30.3. The molecule has 4 aromatic rings. The summed E-state index contributed by atoms with van der Waals surface area (Å²) in [6.07, 6.45) is -2.15. The van der Waals surface area contributed by atoms with Crippen LogP contribution < -0.4 is 22.6 Å². The first-order valence-corrected chi connectivity index (χ1v) is 23.0. The van der Waals surface area contributed by atoms with Crippen LogP contribution in [-0.4, -0.2) is 83.5 Å². The molecule has 3 aliphatic heterocycles. The Balaban J connectivity index is 1.15. The van der Waals surface area contributed by atoms with Crippen molar-refractivity contribution in [3.8, 4) is 28.7 Å². The van der Waals surface area contributed by atoms with Gasteiger partial charge in [-0.15, -0.1) is 0 Å². The molecule has 21 nitrogen and oxygen atoms in total. The van der Waals surface area contributed by atoms with Crippen LogP contribution in [0.2, 0.25) is 0 Å². The van der Waals surface area contributed by atoms with Crippen LogP contribution in [0, 0.1) is 0 Å². The summed E-state index contributed by atoms with van der Waals surface area (Å²) >= 11 is 0. The molecular formula is C39H37O21P3. The van der Waals surface area contributed by atoms with Gasteiger partial charge >= 0.3 is 41.9 Å². The Morgan fingerprint density at radius 2 is 0.841 bits per heavy atom. The van der Waals surface area contributed by atoms with Crippen molar-refractivity contribution in [1.82, 2.24) is 0 Å². The molecule has 63 heavy (non-hydrogen) atoms. The molecule has 0 aromatic heterocycles. The van der Waals surface area contributed by atoms with Crippen LogP contribution in [0.1, 0.15) is 11.1 Å². The first-order valence-electron chi connectivity index (χ1n) is 18.6. The van der Waals surface area contributed by atoms with Crippen LogP contribution in [0.4, 0.5) is 14.4 Å². The number of hydrogen-bond donors (Lipinski definition) is 0. The maximum absolute atomic E-state index is 14.3. The second kappa shape index (κ2) is 20.4. The molecule has 3 heterocycles. The van der Waals surface area contributed by atoms with Gasteiger partial charge in [0.15, 0.2) is 18.3 Å². The summed E-state index contributed by atoms with van der Waals surface area (Å²) in [5.74, 6) is -0.0479. The minimum absolute atomic E-state index is 0.0843.